The van der Waals surface area contributed by atoms with Gasteiger partial charge < -0.3 is 15.0 Å². The van der Waals surface area contributed by atoms with Crippen LogP contribution >= 0.6 is 0 Å². The molecule has 2 amide bonds. The number of carbonyl (C=O) groups excluding carboxylic acids is 2. The van der Waals surface area contributed by atoms with Crippen molar-refractivity contribution < 1.29 is 14.3 Å². The summed E-state index contributed by atoms with van der Waals surface area (Å²) >= 11 is 0. The van der Waals surface area contributed by atoms with E-state index in [0.717, 1.165) is 6.42 Å². The molecule has 0 aliphatic rings. The first-order valence-electron chi connectivity index (χ1n) is 6.74. The highest BCUT2D eigenvalue weighted by molar-refractivity contribution is 5.95. The van der Waals surface area contributed by atoms with Crippen molar-refractivity contribution in [1.82, 2.24) is 4.90 Å². The summed E-state index contributed by atoms with van der Waals surface area (Å²) < 4.78 is 5.00. The Bertz CT molecular complexity index is 443. The Hall–Kier alpha value is -1.88. The lowest BCUT2D eigenvalue weighted by molar-refractivity contribution is 0.101. The largest absolute Gasteiger partial charge is 0.383 e. The average molecular weight is 278 g/mol. The molecule has 0 saturated heterocycles. The zero-order valence-corrected chi connectivity index (χ0v) is 12.3. The Morgan fingerprint density at radius 3 is 2.35 bits per heavy atom. The number of anilines is 1. The van der Waals surface area contributed by atoms with Crippen LogP contribution in [0.4, 0.5) is 10.5 Å². The van der Waals surface area contributed by atoms with Gasteiger partial charge in [-0.25, -0.2) is 4.79 Å². The van der Waals surface area contributed by atoms with Crippen molar-refractivity contribution in [2.75, 3.05) is 32.1 Å². The number of hydrogen-bond donors (Lipinski definition) is 1. The van der Waals surface area contributed by atoms with Crippen molar-refractivity contribution in [3.63, 3.8) is 0 Å². The van der Waals surface area contributed by atoms with E-state index in [-0.39, 0.29) is 11.8 Å². The number of carbonyl (C=O) groups is 2. The number of benzene rings is 1. The summed E-state index contributed by atoms with van der Waals surface area (Å²) in [5, 5.41) is 2.82. The molecule has 0 radical (unpaired) electrons. The Balaban J connectivity index is 2.64. The molecule has 1 aromatic rings. The van der Waals surface area contributed by atoms with Gasteiger partial charge >= 0.3 is 6.03 Å². The molecule has 1 rings (SSSR count). The minimum atomic E-state index is -0.153. The molecule has 0 fully saturated rings. The van der Waals surface area contributed by atoms with Crippen LogP contribution in [0.3, 0.4) is 0 Å². The van der Waals surface area contributed by atoms with Crippen LogP contribution in [0.2, 0.25) is 0 Å². The van der Waals surface area contributed by atoms with E-state index in [1.807, 2.05) is 6.92 Å². The normalized spacial score (nSPS) is 10.2. The van der Waals surface area contributed by atoms with Gasteiger partial charge in [0.1, 0.15) is 0 Å². The van der Waals surface area contributed by atoms with Crippen molar-refractivity contribution >= 4 is 17.5 Å². The van der Waals surface area contributed by atoms with Gasteiger partial charge in [-0.2, -0.15) is 0 Å². The molecule has 1 N–H and O–H groups in total. The van der Waals surface area contributed by atoms with E-state index in [4.69, 9.17) is 4.74 Å². The van der Waals surface area contributed by atoms with Crippen molar-refractivity contribution in [1.29, 1.82) is 0 Å². The number of nitrogens with one attached hydrogen (secondary N) is 1. The van der Waals surface area contributed by atoms with E-state index in [0.29, 0.717) is 30.9 Å². The van der Waals surface area contributed by atoms with Gasteiger partial charge in [0, 0.05) is 31.5 Å². The van der Waals surface area contributed by atoms with Crippen LogP contribution in [0.5, 0.6) is 0 Å². The van der Waals surface area contributed by atoms with E-state index < -0.39 is 0 Å². The third kappa shape index (κ3) is 5.01. The quantitative estimate of drug-likeness (QED) is 0.780. The Morgan fingerprint density at radius 2 is 1.85 bits per heavy atom. The maximum atomic E-state index is 12.1. The van der Waals surface area contributed by atoms with E-state index in [2.05, 4.69) is 5.32 Å². The third-order valence-electron chi connectivity index (χ3n) is 2.89. The van der Waals surface area contributed by atoms with Crippen LogP contribution in [0.25, 0.3) is 0 Å². The van der Waals surface area contributed by atoms with Gasteiger partial charge in [-0.15, -0.1) is 0 Å². The first-order valence-corrected chi connectivity index (χ1v) is 6.74. The second kappa shape index (κ2) is 8.32. The first-order chi connectivity index (χ1) is 9.58. The summed E-state index contributed by atoms with van der Waals surface area (Å²) in [6, 6.07) is 6.72. The zero-order chi connectivity index (χ0) is 15.0. The van der Waals surface area contributed by atoms with Gasteiger partial charge in [0.2, 0.25) is 0 Å². The fraction of sp³-hybridized carbons (Fsp3) is 0.467. The third-order valence-corrected chi connectivity index (χ3v) is 2.89. The summed E-state index contributed by atoms with van der Waals surface area (Å²) in [6.07, 6.45) is 0.889. The number of methoxy groups -OCH3 is 1. The molecular weight excluding hydrogens is 256 g/mol. The summed E-state index contributed by atoms with van der Waals surface area (Å²) in [6.45, 7) is 5.29. The van der Waals surface area contributed by atoms with Crippen LogP contribution in [0, 0.1) is 0 Å². The van der Waals surface area contributed by atoms with Gasteiger partial charge in [-0.3, -0.25) is 4.79 Å². The summed E-state index contributed by atoms with van der Waals surface area (Å²) in [5.74, 6) is 0.00980. The molecule has 0 aromatic heterocycles. The van der Waals surface area contributed by atoms with Gasteiger partial charge in [-0.1, -0.05) is 6.92 Å². The van der Waals surface area contributed by atoms with E-state index in [9.17, 15) is 9.59 Å². The number of hydrogen-bond acceptors (Lipinski definition) is 3. The SMILES string of the molecule is CCCN(CCOC)C(=O)Nc1ccc(C(C)=O)cc1. The van der Waals surface area contributed by atoms with Crippen molar-refractivity contribution in [3.05, 3.63) is 29.8 Å². The monoisotopic (exact) mass is 278 g/mol. The highest BCUT2D eigenvalue weighted by atomic mass is 16.5. The molecule has 0 unspecified atom stereocenters. The average Bonchev–Trinajstić information content (AvgIpc) is 2.43. The maximum absolute atomic E-state index is 12.1. The highest BCUT2D eigenvalue weighted by Gasteiger charge is 2.12. The number of rotatable bonds is 7. The first kappa shape index (κ1) is 16.2. The van der Waals surface area contributed by atoms with Gasteiger partial charge in [0.25, 0.3) is 0 Å². The summed E-state index contributed by atoms with van der Waals surface area (Å²) in [5.41, 5.74) is 1.31. The molecule has 0 saturated carbocycles. The molecule has 0 heterocycles. The number of nitrogens with zero attached hydrogens (tertiary/aromatic N) is 1. The lowest BCUT2D eigenvalue weighted by Gasteiger charge is -2.22. The number of amides is 2. The van der Waals surface area contributed by atoms with Crippen LogP contribution in [-0.2, 0) is 4.74 Å². The number of ketones is 1. The highest BCUT2D eigenvalue weighted by Crippen LogP contribution is 2.11. The predicted octanol–water partition coefficient (Wildman–Crippen LogP) is 2.78. The van der Waals surface area contributed by atoms with E-state index in [1.54, 1.807) is 36.3 Å². The lowest BCUT2D eigenvalue weighted by atomic mass is 10.1. The molecule has 20 heavy (non-hydrogen) atoms. The molecule has 0 spiro atoms. The van der Waals surface area contributed by atoms with Gasteiger partial charge in [0.15, 0.2) is 5.78 Å². The minimum absolute atomic E-state index is 0.00980. The van der Waals surface area contributed by atoms with Crippen molar-refractivity contribution in [2.24, 2.45) is 0 Å². The topological polar surface area (TPSA) is 58.6 Å². The smallest absolute Gasteiger partial charge is 0.321 e. The number of urea groups is 1. The maximum Gasteiger partial charge on any atom is 0.321 e. The predicted molar refractivity (Wildman–Crippen MR) is 79.2 cm³/mol. The molecule has 1 aromatic carbocycles. The fourth-order valence-corrected chi connectivity index (χ4v) is 1.78. The van der Waals surface area contributed by atoms with Gasteiger partial charge in [0.05, 0.1) is 6.61 Å². The number of ether oxygens (including phenoxy) is 1. The molecule has 5 heteroatoms. The molecule has 0 aliphatic heterocycles. The van der Waals surface area contributed by atoms with Gasteiger partial charge in [-0.05, 0) is 37.6 Å². The van der Waals surface area contributed by atoms with Crippen LogP contribution < -0.4 is 5.32 Å². The molecule has 0 aliphatic carbocycles. The Kier molecular flexibility index (Phi) is 6.73. The summed E-state index contributed by atoms with van der Waals surface area (Å²) in [7, 11) is 1.61. The van der Waals surface area contributed by atoms with Crippen LogP contribution in [-0.4, -0.2) is 43.5 Å². The van der Waals surface area contributed by atoms with Crippen molar-refractivity contribution in [2.45, 2.75) is 20.3 Å². The second-order valence-corrected chi connectivity index (χ2v) is 4.54. The molecule has 0 atom stereocenters. The lowest BCUT2D eigenvalue weighted by Crippen LogP contribution is -2.37. The number of Topliss-reactive ketones (excluding diaryl/α,β-unsaturated/α-hetero) is 1. The fourth-order valence-electron chi connectivity index (χ4n) is 1.78. The van der Waals surface area contributed by atoms with Crippen molar-refractivity contribution in [3.8, 4) is 0 Å². The van der Waals surface area contributed by atoms with Crippen LogP contribution in [0.15, 0.2) is 24.3 Å². The molecule has 0 bridgehead atoms. The molecular formula is C15H22N2O3. The van der Waals surface area contributed by atoms with Crippen LogP contribution in [0.1, 0.15) is 30.6 Å². The summed E-state index contributed by atoms with van der Waals surface area (Å²) in [4.78, 5) is 25.0. The second-order valence-electron chi connectivity index (χ2n) is 4.54. The Labute approximate surface area is 119 Å². The standard InChI is InChI=1S/C15H22N2O3/c1-4-9-17(10-11-20-3)15(19)16-14-7-5-13(6-8-14)12(2)18/h5-8H,4,9-11H2,1-3H3,(H,16,19). The zero-order valence-electron chi connectivity index (χ0n) is 12.3. The van der Waals surface area contributed by atoms with E-state index in [1.165, 1.54) is 6.92 Å². The Morgan fingerprint density at radius 1 is 1.20 bits per heavy atom. The molecule has 5 nitrogen and oxygen atoms in total. The van der Waals surface area contributed by atoms with E-state index >= 15 is 0 Å². The molecule has 110 valence electrons. The minimum Gasteiger partial charge on any atom is -0.383 e.